The number of amides is 1. The summed E-state index contributed by atoms with van der Waals surface area (Å²) in [6.07, 6.45) is 0. The number of nitrogens with two attached hydrogens (primary N) is 1. The van der Waals surface area contributed by atoms with E-state index in [1.807, 2.05) is 26.0 Å². The molecule has 0 aliphatic heterocycles. The van der Waals surface area contributed by atoms with Crippen molar-refractivity contribution in [1.29, 1.82) is 0 Å². The molecule has 0 bridgehead atoms. The van der Waals surface area contributed by atoms with Gasteiger partial charge in [0.2, 0.25) is 0 Å². The summed E-state index contributed by atoms with van der Waals surface area (Å²) < 4.78 is 0. The summed E-state index contributed by atoms with van der Waals surface area (Å²) in [5.41, 5.74) is 9.45. The van der Waals surface area contributed by atoms with E-state index in [9.17, 15) is 4.79 Å². The van der Waals surface area contributed by atoms with Crippen molar-refractivity contribution in [2.75, 3.05) is 11.1 Å². The van der Waals surface area contributed by atoms with Crippen LogP contribution in [0.4, 0.5) is 11.4 Å². The molecule has 2 rings (SSSR count). The van der Waals surface area contributed by atoms with Crippen LogP contribution in [-0.2, 0) is 0 Å². The minimum Gasteiger partial charge on any atom is -0.398 e. The van der Waals surface area contributed by atoms with E-state index in [1.165, 1.54) is 0 Å². The molecule has 0 spiro atoms. The number of halogens is 1. The second-order valence-corrected chi connectivity index (χ2v) is 4.94. The molecule has 0 fully saturated rings. The van der Waals surface area contributed by atoms with Gasteiger partial charge in [0.25, 0.3) is 5.91 Å². The minimum absolute atomic E-state index is 0.233. The van der Waals surface area contributed by atoms with Gasteiger partial charge in [0.15, 0.2) is 0 Å². The first-order valence-corrected chi connectivity index (χ1v) is 6.29. The molecule has 4 heteroatoms. The molecule has 0 radical (unpaired) electrons. The van der Waals surface area contributed by atoms with E-state index in [-0.39, 0.29) is 5.91 Å². The Hall–Kier alpha value is -2.00. The number of hydrogen-bond acceptors (Lipinski definition) is 2. The molecule has 0 saturated carbocycles. The second-order valence-electron chi connectivity index (χ2n) is 4.50. The number of carbonyl (C=O) groups is 1. The van der Waals surface area contributed by atoms with Crippen molar-refractivity contribution in [3.8, 4) is 0 Å². The largest absolute Gasteiger partial charge is 0.398 e. The van der Waals surface area contributed by atoms with Gasteiger partial charge < -0.3 is 11.1 Å². The molecule has 0 saturated heterocycles. The molecule has 0 aromatic heterocycles. The summed E-state index contributed by atoms with van der Waals surface area (Å²) in [7, 11) is 0. The maximum absolute atomic E-state index is 12.2. The molecule has 0 heterocycles. The number of nitrogens with one attached hydrogen (secondary N) is 1. The monoisotopic (exact) mass is 274 g/mol. The van der Waals surface area contributed by atoms with Crippen LogP contribution in [0.2, 0.25) is 5.02 Å². The van der Waals surface area contributed by atoms with Gasteiger partial charge in [-0.25, -0.2) is 0 Å². The quantitative estimate of drug-likeness (QED) is 0.819. The van der Waals surface area contributed by atoms with Crippen molar-refractivity contribution in [2.24, 2.45) is 0 Å². The van der Waals surface area contributed by atoms with Crippen LogP contribution in [0.15, 0.2) is 36.4 Å². The fourth-order valence-corrected chi connectivity index (χ4v) is 1.98. The Kier molecular flexibility index (Phi) is 3.76. The first-order chi connectivity index (χ1) is 8.97. The Morgan fingerprint density at radius 2 is 1.89 bits per heavy atom. The van der Waals surface area contributed by atoms with Gasteiger partial charge in [0.1, 0.15) is 0 Å². The normalized spacial score (nSPS) is 10.3. The van der Waals surface area contributed by atoms with Crippen molar-refractivity contribution < 1.29 is 4.79 Å². The molecule has 2 aromatic rings. The molecule has 3 N–H and O–H groups in total. The van der Waals surface area contributed by atoms with E-state index in [1.54, 1.807) is 24.3 Å². The predicted molar refractivity (Wildman–Crippen MR) is 79.7 cm³/mol. The first kappa shape index (κ1) is 13.4. The first-order valence-electron chi connectivity index (χ1n) is 5.91. The van der Waals surface area contributed by atoms with Gasteiger partial charge in [-0.05, 0) is 49.2 Å². The highest BCUT2D eigenvalue weighted by molar-refractivity contribution is 6.31. The summed E-state index contributed by atoms with van der Waals surface area (Å²) >= 11 is 5.92. The van der Waals surface area contributed by atoms with Crippen LogP contribution in [0, 0.1) is 13.8 Å². The Bertz CT molecular complexity index is 638. The maximum atomic E-state index is 12.2. The van der Waals surface area contributed by atoms with Gasteiger partial charge in [-0.3, -0.25) is 4.79 Å². The van der Waals surface area contributed by atoms with Crippen LogP contribution in [0.3, 0.4) is 0 Å². The van der Waals surface area contributed by atoms with Gasteiger partial charge in [-0.15, -0.1) is 0 Å². The van der Waals surface area contributed by atoms with Crippen LogP contribution in [0.25, 0.3) is 0 Å². The van der Waals surface area contributed by atoms with Crippen molar-refractivity contribution in [3.05, 3.63) is 58.1 Å². The molecule has 1 amide bonds. The molecule has 0 atom stereocenters. The standard InChI is InChI=1S/C15H15ClN2O/c1-9-3-6-12(13(17)7-9)15(19)18-14-8-11(16)5-4-10(14)2/h3-8H,17H2,1-2H3,(H,18,19). The molecule has 0 unspecified atom stereocenters. The minimum atomic E-state index is -0.233. The molecular weight excluding hydrogens is 260 g/mol. The SMILES string of the molecule is Cc1ccc(C(=O)Nc2cc(Cl)ccc2C)c(N)c1. The number of nitrogen functional groups attached to an aromatic ring is 1. The van der Waals surface area contributed by atoms with E-state index < -0.39 is 0 Å². The zero-order valence-corrected chi connectivity index (χ0v) is 11.6. The Labute approximate surface area is 117 Å². The lowest BCUT2D eigenvalue weighted by atomic mass is 10.1. The highest BCUT2D eigenvalue weighted by atomic mass is 35.5. The lowest BCUT2D eigenvalue weighted by Gasteiger charge is -2.10. The molecule has 2 aromatic carbocycles. The van der Waals surface area contributed by atoms with Crippen LogP contribution < -0.4 is 11.1 Å². The molecular formula is C15H15ClN2O. The fourth-order valence-electron chi connectivity index (χ4n) is 1.81. The van der Waals surface area contributed by atoms with Crippen LogP contribution >= 0.6 is 11.6 Å². The Balaban J connectivity index is 2.28. The van der Waals surface area contributed by atoms with E-state index in [4.69, 9.17) is 17.3 Å². The van der Waals surface area contributed by atoms with Gasteiger partial charge >= 0.3 is 0 Å². The molecule has 98 valence electrons. The van der Waals surface area contributed by atoms with Crippen molar-refractivity contribution in [3.63, 3.8) is 0 Å². The summed E-state index contributed by atoms with van der Waals surface area (Å²) in [5, 5.41) is 3.41. The lowest BCUT2D eigenvalue weighted by Crippen LogP contribution is -2.14. The van der Waals surface area contributed by atoms with Crippen molar-refractivity contribution in [1.82, 2.24) is 0 Å². The Morgan fingerprint density at radius 1 is 1.16 bits per heavy atom. The highest BCUT2D eigenvalue weighted by Gasteiger charge is 2.11. The molecule has 0 aliphatic carbocycles. The fraction of sp³-hybridized carbons (Fsp3) is 0.133. The number of hydrogen-bond donors (Lipinski definition) is 2. The summed E-state index contributed by atoms with van der Waals surface area (Å²) in [5.74, 6) is -0.233. The number of rotatable bonds is 2. The number of carbonyl (C=O) groups excluding carboxylic acids is 1. The van der Waals surface area contributed by atoms with E-state index in [0.29, 0.717) is 22.0 Å². The van der Waals surface area contributed by atoms with Gasteiger partial charge in [0.05, 0.1) is 5.56 Å². The molecule has 19 heavy (non-hydrogen) atoms. The van der Waals surface area contributed by atoms with E-state index in [0.717, 1.165) is 11.1 Å². The summed E-state index contributed by atoms with van der Waals surface area (Å²) in [6, 6.07) is 10.7. The Morgan fingerprint density at radius 3 is 2.58 bits per heavy atom. The topological polar surface area (TPSA) is 55.1 Å². The smallest absolute Gasteiger partial charge is 0.257 e. The third kappa shape index (κ3) is 3.06. The average molecular weight is 275 g/mol. The summed E-state index contributed by atoms with van der Waals surface area (Å²) in [6.45, 7) is 3.84. The zero-order chi connectivity index (χ0) is 14.0. The van der Waals surface area contributed by atoms with E-state index in [2.05, 4.69) is 5.32 Å². The highest BCUT2D eigenvalue weighted by Crippen LogP contribution is 2.22. The molecule has 0 aliphatic rings. The molecule has 3 nitrogen and oxygen atoms in total. The number of aryl methyl sites for hydroxylation is 2. The van der Waals surface area contributed by atoms with Gasteiger partial charge in [-0.1, -0.05) is 23.7 Å². The number of anilines is 2. The van der Waals surface area contributed by atoms with Crippen LogP contribution in [0.5, 0.6) is 0 Å². The van der Waals surface area contributed by atoms with Crippen molar-refractivity contribution in [2.45, 2.75) is 13.8 Å². The average Bonchev–Trinajstić information content (AvgIpc) is 2.33. The zero-order valence-electron chi connectivity index (χ0n) is 10.8. The van der Waals surface area contributed by atoms with Gasteiger partial charge in [0, 0.05) is 16.4 Å². The maximum Gasteiger partial charge on any atom is 0.257 e. The second kappa shape index (κ2) is 5.33. The van der Waals surface area contributed by atoms with Crippen molar-refractivity contribution >= 4 is 28.9 Å². The summed E-state index contributed by atoms with van der Waals surface area (Å²) in [4.78, 5) is 12.2. The number of benzene rings is 2. The van der Waals surface area contributed by atoms with E-state index >= 15 is 0 Å². The van der Waals surface area contributed by atoms with Gasteiger partial charge in [-0.2, -0.15) is 0 Å². The lowest BCUT2D eigenvalue weighted by molar-refractivity contribution is 0.102. The van der Waals surface area contributed by atoms with Crippen LogP contribution in [-0.4, -0.2) is 5.91 Å². The third-order valence-corrected chi connectivity index (χ3v) is 3.13. The van der Waals surface area contributed by atoms with Crippen LogP contribution in [0.1, 0.15) is 21.5 Å². The third-order valence-electron chi connectivity index (χ3n) is 2.90. The predicted octanol–water partition coefficient (Wildman–Crippen LogP) is 3.79.